The van der Waals surface area contributed by atoms with Crippen LogP contribution < -0.4 is 10.6 Å². The standard InChI is InChI=1S/C11H17N3O3S/c1-6-4-14(5-7(2)17-6)11-13-9(12)8(18-11)10(15)16-3/h6-7H,4-5,12H2,1-3H3. The van der Waals surface area contributed by atoms with Crippen LogP contribution in [-0.4, -0.2) is 43.4 Å². The molecular weight excluding hydrogens is 254 g/mol. The topological polar surface area (TPSA) is 77.7 Å². The molecule has 1 aromatic rings. The number of nitrogens with two attached hydrogens (primary N) is 1. The number of morpholine rings is 1. The van der Waals surface area contributed by atoms with Gasteiger partial charge in [0.05, 0.1) is 19.3 Å². The van der Waals surface area contributed by atoms with Gasteiger partial charge in [-0.15, -0.1) is 0 Å². The van der Waals surface area contributed by atoms with Crippen LogP contribution in [0.1, 0.15) is 23.5 Å². The lowest BCUT2D eigenvalue weighted by Crippen LogP contribution is -2.45. The van der Waals surface area contributed by atoms with Crippen molar-refractivity contribution in [2.45, 2.75) is 26.1 Å². The first-order valence-corrected chi connectivity index (χ1v) is 6.58. The molecule has 0 saturated carbocycles. The summed E-state index contributed by atoms with van der Waals surface area (Å²) in [7, 11) is 1.33. The average Bonchev–Trinajstić information content (AvgIpc) is 2.69. The van der Waals surface area contributed by atoms with Gasteiger partial charge in [0.1, 0.15) is 0 Å². The fourth-order valence-corrected chi connectivity index (χ4v) is 2.95. The van der Waals surface area contributed by atoms with Crippen molar-refractivity contribution in [1.82, 2.24) is 4.98 Å². The fraction of sp³-hybridized carbons (Fsp3) is 0.636. The van der Waals surface area contributed by atoms with E-state index in [-0.39, 0.29) is 18.0 Å². The zero-order chi connectivity index (χ0) is 13.3. The summed E-state index contributed by atoms with van der Waals surface area (Å²) in [5.74, 6) is -0.209. The molecule has 1 saturated heterocycles. The van der Waals surface area contributed by atoms with Gasteiger partial charge in [0.15, 0.2) is 15.8 Å². The Morgan fingerprint density at radius 1 is 1.50 bits per heavy atom. The minimum Gasteiger partial charge on any atom is -0.465 e. The van der Waals surface area contributed by atoms with Crippen molar-refractivity contribution in [3.63, 3.8) is 0 Å². The van der Waals surface area contributed by atoms with E-state index in [4.69, 9.17) is 10.5 Å². The van der Waals surface area contributed by atoms with Crippen LogP contribution in [0.3, 0.4) is 0 Å². The van der Waals surface area contributed by atoms with E-state index in [0.29, 0.717) is 4.88 Å². The largest absolute Gasteiger partial charge is 0.465 e. The predicted molar refractivity (Wildman–Crippen MR) is 70.1 cm³/mol. The molecule has 0 spiro atoms. The molecule has 2 heterocycles. The van der Waals surface area contributed by atoms with E-state index in [9.17, 15) is 4.79 Å². The number of rotatable bonds is 2. The molecule has 1 fully saturated rings. The zero-order valence-electron chi connectivity index (χ0n) is 10.7. The van der Waals surface area contributed by atoms with Gasteiger partial charge in [-0.2, -0.15) is 0 Å². The summed E-state index contributed by atoms with van der Waals surface area (Å²) in [5.41, 5.74) is 5.73. The molecule has 0 amide bonds. The Bertz CT molecular complexity index is 439. The Morgan fingerprint density at radius 3 is 2.67 bits per heavy atom. The van der Waals surface area contributed by atoms with Crippen molar-refractivity contribution in [3.8, 4) is 0 Å². The van der Waals surface area contributed by atoms with E-state index < -0.39 is 5.97 Å². The molecule has 18 heavy (non-hydrogen) atoms. The molecule has 2 rings (SSSR count). The summed E-state index contributed by atoms with van der Waals surface area (Å²) in [4.78, 5) is 18.2. The molecule has 1 aromatic heterocycles. The van der Waals surface area contributed by atoms with Gasteiger partial charge in [0, 0.05) is 13.1 Å². The SMILES string of the molecule is COC(=O)c1sc(N2CC(C)OC(C)C2)nc1N. The van der Waals surface area contributed by atoms with Crippen molar-refractivity contribution in [3.05, 3.63) is 4.88 Å². The number of carbonyl (C=O) groups is 1. The van der Waals surface area contributed by atoms with Crippen LogP contribution in [0.25, 0.3) is 0 Å². The Labute approximate surface area is 110 Å². The third-order valence-corrected chi connectivity index (χ3v) is 3.81. The quantitative estimate of drug-likeness (QED) is 0.812. The molecule has 7 heteroatoms. The van der Waals surface area contributed by atoms with Gasteiger partial charge in [-0.1, -0.05) is 11.3 Å². The van der Waals surface area contributed by atoms with Crippen molar-refractivity contribution in [1.29, 1.82) is 0 Å². The minimum atomic E-state index is -0.439. The molecule has 2 unspecified atom stereocenters. The summed E-state index contributed by atoms with van der Waals surface area (Å²) < 4.78 is 10.3. The predicted octanol–water partition coefficient (Wildman–Crippen LogP) is 1.13. The van der Waals surface area contributed by atoms with E-state index in [1.54, 1.807) is 0 Å². The van der Waals surface area contributed by atoms with E-state index >= 15 is 0 Å². The summed E-state index contributed by atoms with van der Waals surface area (Å²) in [6.45, 7) is 5.53. The fourth-order valence-electron chi connectivity index (χ4n) is 2.03. The highest BCUT2D eigenvalue weighted by molar-refractivity contribution is 7.18. The molecule has 1 aliphatic heterocycles. The maximum atomic E-state index is 11.5. The monoisotopic (exact) mass is 271 g/mol. The minimum absolute atomic E-state index is 0.139. The Morgan fingerprint density at radius 2 is 2.11 bits per heavy atom. The molecule has 0 aliphatic carbocycles. The summed E-state index contributed by atoms with van der Waals surface area (Å²) in [6, 6.07) is 0. The van der Waals surface area contributed by atoms with Gasteiger partial charge in [-0.25, -0.2) is 9.78 Å². The van der Waals surface area contributed by atoms with E-state index in [2.05, 4.69) is 14.6 Å². The second-order valence-corrected chi connectivity index (χ2v) is 5.34. The zero-order valence-corrected chi connectivity index (χ0v) is 11.5. The number of nitrogens with zero attached hydrogens (tertiary/aromatic N) is 2. The second-order valence-electron chi connectivity index (χ2n) is 4.36. The van der Waals surface area contributed by atoms with E-state index in [1.165, 1.54) is 18.4 Å². The summed E-state index contributed by atoms with van der Waals surface area (Å²) in [5, 5.41) is 0.745. The number of carbonyl (C=O) groups excluding carboxylic acids is 1. The number of anilines is 2. The van der Waals surface area contributed by atoms with Crippen LogP contribution in [0.4, 0.5) is 10.9 Å². The van der Waals surface area contributed by atoms with Crippen LogP contribution in [-0.2, 0) is 9.47 Å². The Kier molecular flexibility index (Phi) is 3.72. The smallest absolute Gasteiger partial charge is 0.351 e. The molecule has 1 aliphatic rings. The number of thiazole rings is 1. The molecule has 100 valence electrons. The van der Waals surface area contributed by atoms with Gasteiger partial charge in [-0.05, 0) is 13.8 Å². The molecular formula is C11H17N3O3S. The maximum absolute atomic E-state index is 11.5. The van der Waals surface area contributed by atoms with Crippen LogP contribution in [0, 0.1) is 0 Å². The van der Waals surface area contributed by atoms with Crippen molar-refractivity contribution >= 4 is 28.3 Å². The number of aromatic nitrogens is 1. The van der Waals surface area contributed by atoms with Crippen LogP contribution in [0.5, 0.6) is 0 Å². The van der Waals surface area contributed by atoms with E-state index in [1.807, 2.05) is 13.8 Å². The summed E-state index contributed by atoms with van der Waals surface area (Å²) >= 11 is 1.26. The van der Waals surface area contributed by atoms with Gasteiger partial charge < -0.3 is 20.1 Å². The molecule has 0 radical (unpaired) electrons. The van der Waals surface area contributed by atoms with Crippen molar-refractivity contribution in [2.24, 2.45) is 0 Å². The molecule has 0 aromatic carbocycles. The van der Waals surface area contributed by atoms with Crippen molar-refractivity contribution in [2.75, 3.05) is 30.8 Å². The third-order valence-electron chi connectivity index (χ3n) is 2.70. The number of methoxy groups -OCH3 is 1. The van der Waals surface area contributed by atoms with Gasteiger partial charge in [-0.3, -0.25) is 0 Å². The van der Waals surface area contributed by atoms with Crippen LogP contribution >= 0.6 is 11.3 Å². The van der Waals surface area contributed by atoms with Gasteiger partial charge in [0.2, 0.25) is 0 Å². The van der Waals surface area contributed by atoms with Crippen LogP contribution in [0.2, 0.25) is 0 Å². The highest BCUT2D eigenvalue weighted by Crippen LogP contribution is 2.30. The van der Waals surface area contributed by atoms with Gasteiger partial charge in [0.25, 0.3) is 0 Å². The number of hydrogen-bond donors (Lipinski definition) is 1. The molecule has 6 nitrogen and oxygen atoms in total. The number of nitrogen functional groups attached to an aromatic ring is 1. The first-order valence-electron chi connectivity index (χ1n) is 5.76. The third kappa shape index (κ3) is 2.56. The normalized spacial score (nSPS) is 24.1. The highest BCUT2D eigenvalue weighted by Gasteiger charge is 2.26. The number of ether oxygens (including phenoxy) is 2. The van der Waals surface area contributed by atoms with Crippen molar-refractivity contribution < 1.29 is 14.3 Å². The first kappa shape index (κ1) is 13.1. The lowest BCUT2D eigenvalue weighted by atomic mass is 10.2. The lowest BCUT2D eigenvalue weighted by molar-refractivity contribution is -0.00522. The first-order chi connectivity index (χ1) is 8.51. The molecule has 2 atom stereocenters. The average molecular weight is 271 g/mol. The number of esters is 1. The second kappa shape index (κ2) is 5.11. The molecule has 0 bridgehead atoms. The van der Waals surface area contributed by atoms with Gasteiger partial charge >= 0.3 is 5.97 Å². The Hall–Kier alpha value is -1.34. The number of hydrogen-bond acceptors (Lipinski definition) is 7. The highest BCUT2D eigenvalue weighted by atomic mass is 32.1. The van der Waals surface area contributed by atoms with E-state index in [0.717, 1.165) is 18.2 Å². The summed E-state index contributed by atoms with van der Waals surface area (Å²) in [6.07, 6.45) is 0.279. The van der Waals surface area contributed by atoms with Crippen LogP contribution in [0.15, 0.2) is 0 Å². The maximum Gasteiger partial charge on any atom is 0.351 e. The lowest BCUT2D eigenvalue weighted by Gasteiger charge is -2.35. The molecule has 2 N–H and O–H groups in total. The Balaban J connectivity index is 2.21.